The van der Waals surface area contributed by atoms with Crippen molar-refractivity contribution < 1.29 is 143 Å². The first-order valence-corrected chi connectivity index (χ1v) is 54.8. The van der Waals surface area contributed by atoms with Crippen LogP contribution < -0.4 is 0 Å². The number of carbonyl (C=O) groups is 12. The Morgan fingerprint density at radius 3 is 0.683 bits per heavy atom. The summed E-state index contributed by atoms with van der Waals surface area (Å²) < 4.78 is 97.6. The lowest BCUT2D eigenvalue weighted by Gasteiger charge is -2.48. The van der Waals surface area contributed by atoms with Gasteiger partial charge in [-0.05, 0) is 216 Å². The van der Waals surface area contributed by atoms with Crippen LogP contribution in [0.25, 0.3) is 0 Å². The van der Waals surface area contributed by atoms with Gasteiger partial charge in [-0.25, -0.2) is 0 Å². The first kappa shape index (κ1) is 102. The number of halogens is 8. The lowest BCUT2D eigenvalue weighted by molar-refractivity contribution is -0.158. The number of fused-ring (bicyclic) bond motifs is 36. The zero-order valence-electron chi connectivity index (χ0n) is 82.7. The fraction of sp³-hybridized carbons (Fsp3) is 0.846. The van der Waals surface area contributed by atoms with E-state index in [2.05, 4.69) is 83.1 Å². The molecule has 0 aromatic heterocycles. The molecule has 28 unspecified atom stereocenters. The number of Topliss-reactive ketones (excluding diaryl/α,β-unsaturated/α-hetero) is 8. The Morgan fingerprint density at radius 2 is 0.437 bits per heavy atom. The van der Waals surface area contributed by atoms with E-state index in [1.54, 1.807) is 39.8 Å². The summed E-state index contributed by atoms with van der Waals surface area (Å²) in [6.07, 6.45) is 6.24. The summed E-state index contributed by atoms with van der Waals surface area (Å²) in [4.78, 5) is 162. The zero-order chi connectivity index (χ0) is 102. The maximum atomic E-state index is 14.3. The topological polar surface area (TPSA) is 417 Å². The summed E-state index contributed by atoms with van der Waals surface area (Å²) in [5.41, 5.74) is -0.793. The SMILES string of the molecule is C[C@@H]1C(=O)O[C@@H](C)/C=C/C2OC2[C@@H](C)[C@@H]2C3OC3[C@@H]3C[C@@]4(C)O[C@H]4[C@@H](C)C3C2C(=O)C(Cl)(Cl)C1=O.C[C@@H]1C(=O)O[C@@H](C)/C=C/C2OC2[C@@H](C)[C@@H]2C3OC3[C@@H]3C[C@@]4(C)O[C@H]4[C@@H](C)C3C2C(=O)C(Cl)(Cl)C1=O.C[C@@H]1C(=O)O[C@@H](C)C2OC2C2OC2[C@@H](C)[C@@H]2C3OC3[C@@H]3C[C@@]4(C)O[C@H]4[C@@H](C)C3C2C(=O)C(Cl)(Cl)C1=O.C[C@@H]1C(=O)O[C@@H](C)C2OC2C2OC2[C@@H](C)[C@@H]2C3OC3[C@@H]3C[C@@]4(C)O[C@H]4[C@@H](C)C3C2C(=O)C(Cl)(Cl)C1=O. The van der Waals surface area contributed by atoms with Crippen molar-refractivity contribution in [3.63, 3.8) is 0 Å². The second-order valence-corrected chi connectivity index (χ2v) is 53.9. The van der Waals surface area contributed by atoms with Gasteiger partial charge in [-0.2, -0.15) is 0 Å². The van der Waals surface area contributed by atoms with E-state index in [1.165, 1.54) is 27.7 Å². The molecule has 18 aliphatic heterocycles. The van der Waals surface area contributed by atoms with Crippen molar-refractivity contribution in [1.29, 1.82) is 0 Å². The van der Waals surface area contributed by atoms with Gasteiger partial charge in [-0.1, -0.05) is 160 Å². The standard InChI is InChI=1S/2C26H32Cl2O8.2C26H32Cl2O7/c2*1-7-13-14(12-8(2)23-25(5,36-23)6-11(12)17-18(13)35-17)22(30)26(27,28)21(29)9(3)24(31)32-10(4)16-20(34-16)19-15(7)33-19;2*1-9-6-7-14-18(33-14)10(2)16-17(22(30)26(27,28)21(29)12(4)24(31)32-9)15-11(3)23-25(5,35-23)8-13(15)19-20(16)34-19/h2*7-20,23H,6H2,1-5H3;2*6-7,9-20,23H,8H2,1-5H3/b;;2*7-6+/t2*7-,8-,9-,10-,11+,12?,13-,14?,15?,16?,17?,18?,19?,20?,23-,25+;2*9-,10-,11-,12-,13+,14?,15?,16-,17?,18?,19?,20?,23-,25+/m0000/s1. The van der Waals surface area contributed by atoms with Gasteiger partial charge >= 0.3 is 23.9 Å². The maximum Gasteiger partial charge on any atom is 0.316 e. The predicted molar refractivity (Wildman–Crippen MR) is 502 cm³/mol. The average Bonchev–Trinajstić information content (AvgIpc) is 1.51. The van der Waals surface area contributed by atoms with Crippen LogP contribution in [0.15, 0.2) is 24.3 Å². The molecule has 16 saturated heterocycles. The minimum atomic E-state index is -2.38. The fourth-order valence-corrected chi connectivity index (χ4v) is 34.3. The molecule has 26 aliphatic rings. The number of epoxide rings is 14. The summed E-state index contributed by atoms with van der Waals surface area (Å²) >= 11 is 53.0. The summed E-state index contributed by atoms with van der Waals surface area (Å²) in [6, 6.07) is 0. The van der Waals surface area contributed by atoms with Crippen LogP contribution >= 0.6 is 92.8 Å². The molecule has 26 rings (SSSR count). The van der Waals surface area contributed by atoms with E-state index >= 15 is 0 Å². The molecule has 24 fully saturated rings. The molecule has 142 heavy (non-hydrogen) atoms. The molecule has 30 nitrogen and oxygen atoms in total. The van der Waals surface area contributed by atoms with Crippen LogP contribution in [-0.4, -0.2) is 281 Å². The Hall–Kier alpha value is -3.52. The second-order valence-electron chi connectivity index (χ2n) is 48.6. The van der Waals surface area contributed by atoms with Crippen molar-refractivity contribution in [2.75, 3.05) is 0 Å². The number of carbonyl (C=O) groups excluding carboxylic acids is 12. The summed E-state index contributed by atoms with van der Waals surface area (Å²) in [7, 11) is 0. The van der Waals surface area contributed by atoms with E-state index in [1.807, 2.05) is 12.2 Å². The van der Waals surface area contributed by atoms with E-state index in [-0.39, 0.29) is 287 Å². The van der Waals surface area contributed by atoms with E-state index in [4.69, 9.17) is 178 Å². The number of hydrogen-bond acceptors (Lipinski definition) is 30. The van der Waals surface area contributed by atoms with Gasteiger partial charge in [0.2, 0.25) is 17.3 Å². The molecule has 0 N–H and O–H groups in total. The highest BCUT2D eigenvalue weighted by molar-refractivity contribution is 6.71. The molecule has 8 saturated carbocycles. The van der Waals surface area contributed by atoms with Crippen LogP contribution in [0.1, 0.15) is 164 Å². The third-order valence-corrected chi connectivity index (χ3v) is 42.9. The third kappa shape index (κ3) is 16.1. The number of hydrogen-bond donors (Lipinski definition) is 0. The highest BCUT2D eigenvalue weighted by Gasteiger charge is 2.82. The van der Waals surface area contributed by atoms with E-state index in [9.17, 15) is 57.5 Å². The Kier molecular flexibility index (Phi) is 24.3. The van der Waals surface area contributed by atoms with Gasteiger partial charge in [0.25, 0.3) is 0 Å². The molecule has 0 aromatic carbocycles. The monoisotopic (exact) mass is 2140 g/mol. The van der Waals surface area contributed by atoms with Crippen LogP contribution in [0.3, 0.4) is 0 Å². The number of cyclic esters (lactones) is 4. The van der Waals surface area contributed by atoms with Crippen molar-refractivity contribution in [3.05, 3.63) is 24.3 Å². The van der Waals surface area contributed by atoms with E-state index in [0.717, 1.165) is 25.7 Å². The van der Waals surface area contributed by atoms with Gasteiger partial charge in [-0.3, -0.25) is 57.5 Å². The number of alkyl halides is 8. The number of esters is 4. The largest absolute Gasteiger partial charge is 0.459 e. The highest BCUT2D eigenvalue weighted by atomic mass is 35.5. The Labute approximate surface area is 864 Å². The van der Waals surface area contributed by atoms with E-state index < -0.39 is 159 Å². The number of ketones is 8. The molecular formula is C104H128Cl8O30. The molecule has 0 radical (unpaired) electrons. The molecule has 60 atom stereocenters. The van der Waals surface area contributed by atoms with Crippen LogP contribution in [0.5, 0.6) is 0 Å². The van der Waals surface area contributed by atoms with Crippen molar-refractivity contribution >= 4 is 163 Å². The minimum Gasteiger partial charge on any atom is -0.459 e. The van der Waals surface area contributed by atoms with Crippen molar-refractivity contribution in [1.82, 2.24) is 0 Å². The molecule has 0 bridgehead atoms. The molecule has 0 aromatic rings. The van der Waals surface area contributed by atoms with Crippen LogP contribution in [-0.2, 0) is 143 Å². The van der Waals surface area contributed by atoms with Gasteiger partial charge in [0, 0.05) is 47.3 Å². The smallest absolute Gasteiger partial charge is 0.316 e. The first-order valence-electron chi connectivity index (χ1n) is 51.8. The molecular weight excluding hydrogens is 2010 g/mol. The van der Waals surface area contributed by atoms with Gasteiger partial charge in [0.15, 0.2) is 46.3 Å². The Morgan fingerprint density at radius 1 is 0.225 bits per heavy atom. The van der Waals surface area contributed by atoms with E-state index in [0.29, 0.717) is 0 Å². The molecule has 38 heteroatoms. The molecule has 8 aliphatic carbocycles. The predicted octanol–water partition coefficient (Wildman–Crippen LogP) is 11.6. The normalized spacial score (nSPS) is 58.9. The van der Waals surface area contributed by atoms with Gasteiger partial charge in [-0.15, -0.1) is 0 Å². The van der Waals surface area contributed by atoms with Gasteiger partial charge in [0.05, 0.1) is 120 Å². The zero-order valence-corrected chi connectivity index (χ0v) is 88.8. The van der Waals surface area contributed by atoms with Crippen molar-refractivity contribution in [2.24, 2.45) is 166 Å². The Bertz CT molecular complexity index is 5080. The molecule has 0 spiro atoms. The average molecular weight is 2140 g/mol. The number of ether oxygens (including phenoxy) is 18. The fourth-order valence-electron chi connectivity index (χ4n) is 32.0. The molecule has 780 valence electrons. The van der Waals surface area contributed by atoms with Crippen molar-refractivity contribution in [2.45, 2.75) is 375 Å². The minimum absolute atomic E-state index is 0.0207. The van der Waals surface area contributed by atoms with Crippen LogP contribution in [0, 0.1) is 166 Å². The summed E-state index contributed by atoms with van der Waals surface area (Å²) in [5, 5.41) is 0. The number of rotatable bonds is 0. The first-order chi connectivity index (χ1) is 66.5. The van der Waals surface area contributed by atoms with Crippen molar-refractivity contribution in [3.8, 4) is 0 Å². The molecule has 0 amide bonds. The lowest BCUT2D eigenvalue weighted by Crippen LogP contribution is -2.58. The van der Waals surface area contributed by atoms with Crippen LogP contribution in [0.4, 0.5) is 0 Å². The molecule has 18 heterocycles. The lowest BCUT2D eigenvalue weighted by atomic mass is 9.53. The summed E-state index contributed by atoms with van der Waals surface area (Å²) in [6.45, 7) is 37.7. The van der Waals surface area contributed by atoms with Crippen LogP contribution in [0.2, 0.25) is 0 Å². The summed E-state index contributed by atoms with van der Waals surface area (Å²) in [5.74, 6) is -16.8. The highest BCUT2D eigenvalue weighted by Crippen LogP contribution is 2.73. The third-order valence-electron chi connectivity index (χ3n) is 39.9. The second kappa shape index (κ2) is 34.0. The van der Waals surface area contributed by atoms with Gasteiger partial charge < -0.3 is 85.3 Å². The van der Waals surface area contributed by atoms with Gasteiger partial charge in [0.1, 0.15) is 96.9 Å². The Balaban J connectivity index is 0.000000105. The quantitative estimate of drug-likeness (QED) is 0.0543. The maximum absolute atomic E-state index is 14.3.